The maximum Gasteiger partial charge on any atom is 0.270 e. The highest BCUT2D eigenvalue weighted by atomic mass is 16.2. The Kier molecular flexibility index (Phi) is 4.20. The van der Waals surface area contributed by atoms with Gasteiger partial charge in [0.2, 0.25) is 5.91 Å². The number of amides is 2. The number of benzene rings is 1. The van der Waals surface area contributed by atoms with Gasteiger partial charge in [-0.2, -0.15) is 5.10 Å². The van der Waals surface area contributed by atoms with Crippen LogP contribution in [-0.2, 0) is 9.59 Å². The normalized spacial score (nSPS) is 23.0. The van der Waals surface area contributed by atoms with Gasteiger partial charge in [0.05, 0.1) is 6.04 Å². The molecule has 2 aliphatic heterocycles. The molecule has 2 aliphatic rings. The second-order valence-electron chi connectivity index (χ2n) is 5.78. The zero-order valence-electron chi connectivity index (χ0n) is 12.7. The number of likely N-dealkylation sites (N-methyl/N-ethyl adjacent to an activating group) is 1. The lowest BCUT2D eigenvalue weighted by Gasteiger charge is -2.40. The Bertz CT molecular complexity index is 599. The summed E-state index contributed by atoms with van der Waals surface area (Å²) in [5, 5.41) is 3.95. The zero-order valence-corrected chi connectivity index (χ0v) is 12.7. The van der Waals surface area contributed by atoms with Crippen LogP contribution in [0.25, 0.3) is 0 Å². The Morgan fingerprint density at radius 2 is 2.00 bits per heavy atom. The van der Waals surface area contributed by atoms with Crippen LogP contribution >= 0.6 is 0 Å². The molecule has 1 atom stereocenters. The number of hydrazone groups is 1. The van der Waals surface area contributed by atoms with E-state index in [0.717, 1.165) is 18.7 Å². The first kappa shape index (κ1) is 14.7. The van der Waals surface area contributed by atoms with Crippen molar-refractivity contribution < 1.29 is 9.59 Å². The number of nitrogens with zero attached hydrogens (tertiary/aromatic N) is 3. The molecule has 0 radical (unpaired) electrons. The highest BCUT2D eigenvalue weighted by Crippen LogP contribution is 2.25. The second kappa shape index (κ2) is 6.27. The maximum atomic E-state index is 12.8. The molecule has 0 aliphatic carbocycles. The van der Waals surface area contributed by atoms with Crippen molar-refractivity contribution in [3.8, 4) is 0 Å². The minimum atomic E-state index is -0.130. The van der Waals surface area contributed by atoms with Crippen molar-refractivity contribution in [3.05, 3.63) is 35.9 Å². The van der Waals surface area contributed by atoms with Crippen LogP contribution in [0.4, 0.5) is 0 Å². The first-order chi connectivity index (χ1) is 10.6. The van der Waals surface area contributed by atoms with Crippen LogP contribution in [-0.4, -0.2) is 54.0 Å². The zero-order chi connectivity index (χ0) is 15.5. The van der Waals surface area contributed by atoms with Crippen LogP contribution in [0, 0.1) is 0 Å². The molecule has 0 saturated carbocycles. The number of rotatable bonds is 2. The van der Waals surface area contributed by atoms with Gasteiger partial charge in [0.25, 0.3) is 5.91 Å². The number of hydrogen-bond donors (Lipinski definition) is 1. The lowest BCUT2D eigenvalue weighted by Crippen LogP contribution is -2.51. The van der Waals surface area contributed by atoms with E-state index >= 15 is 0 Å². The van der Waals surface area contributed by atoms with Gasteiger partial charge in [0.15, 0.2) is 0 Å². The Morgan fingerprint density at radius 1 is 1.23 bits per heavy atom. The fraction of sp³-hybridized carbons (Fsp3) is 0.438. The summed E-state index contributed by atoms with van der Waals surface area (Å²) in [6.45, 7) is 2.31. The van der Waals surface area contributed by atoms with Gasteiger partial charge in [0, 0.05) is 32.5 Å². The van der Waals surface area contributed by atoms with Crippen molar-refractivity contribution >= 4 is 17.5 Å². The van der Waals surface area contributed by atoms with E-state index in [-0.39, 0.29) is 17.9 Å². The van der Waals surface area contributed by atoms with Gasteiger partial charge in [-0.05, 0) is 12.6 Å². The first-order valence-corrected chi connectivity index (χ1v) is 7.55. The van der Waals surface area contributed by atoms with Gasteiger partial charge in [0.1, 0.15) is 5.71 Å². The summed E-state index contributed by atoms with van der Waals surface area (Å²) in [6, 6.07) is 10.1. The van der Waals surface area contributed by atoms with Gasteiger partial charge in [-0.15, -0.1) is 0 Å². The molecule has 22 heavy (non-hydrogen) atoms. The summed E-state index contributed by atoms with van der Waals surface area (Å²) < 4.78 is 0. The van der Waals surface area contributed by atoms with E-state index < -0.39 is 0 Å². The number of carbonyl (C=O) groups excluding carboxylic acids is 2. The maximum absolute atomic E-state index is 12.8. The van der Waals surface area contributed by atoms with Gasteiger partial charge < -0.3 is 9.80 Å². The number of nitrogens with one attached hydrogen (secondary N) is 1. The molecule has 6 nitrogen and oxygen atoms in total. The highest BCUT2D eigenvalue weighted by Gasteiger charge is 2.33. The van der Waals surface area contributed by atoms with E-state index in [1.54, 1.807) is 0 Å². The molecule has 1 saturated heterocycles. The minimum absolute atomic E-state index is 0.0211. The van der Waals surface area contributed by atoms with Crippen molar-refractivity contribution in [1.29, 1.82) is 0 Å². The van der Waals surface area contributed by atoms with Crippen molar-refractivity contribution in [1.82, 2.24) is 15.2 Å². The van der Waals surface area contributed by atoms with Crippen LogP contribution < -0.4 is 5.43 Å². The molecule has 1 fully saturated rings. The molecule has 3 rings (SSSR count). The molecule has 0 bridgehead atoms. The lowest BCUT2D eigenvalue weighted by atomic mass is 10.0. The van der Waals surface area contributed by atoms with Crippen molar-refractivity contribution in [2.75, 3.05) is 26.7 Å². The van der Waals surface area contributed by atoms with Crippen molar-refractivity contribution in [2.45, 2.75) is 18.9 Å². The van der Waals surface area contributed by atoms with Gasteiger partial charge in [-0.3, -0.25) is 9.59 Å². The largest absolute Gasteiger partial charge is 0.328 e. The fourth-order valence-corrected chi connectivity index (χ4v) is 2.92. The summed E-state index contributed by atoms with van der Waals surface area (Å²) >= 11 is 0. The summed E-state index contributed by atoms with van der Waals surface area (Å²) in [7, 11) is 2.07. The summed E-state index contributed by atoms with van der Waals surface area (Å²) in [6.07, 6.45) is 0.743. The van der Waals surface area contributed by atoms with Gasteiger partial charge in [-0.25, -0.2) is 5.43 Å². The number of carbonyl (C=O) groups is 2. The van der Waals surface area contributed by atoms with Crippen LogP contribution in [0.2, 0.25) is 0 Å². The second-order valence-corrected chi connectivity index (χ2v) is 5.78. The predicted octanol–water partition coefficient (Wildman–Crippen LogP) is 0.768. The molecule has 6 heteroatoms. The Labute approximate surface area is 129 Å². The average Bonchev–Trinajstić information content (AvgIpc) is 2.56. The van der Waals surface area contributed by atoms with E-state index in [0.29, 0.717) is 25.1 Å². The predicted molar refractivity (Wildman–Crippen MR) is 83.2 cm³/mol. The Balaban J connectivity index is 1.83. The van der Waals surface area contributed by atoms with E-state index in [4.69, 9.17) is 0 Å². The molecule has 2 heterocycles. The molecule has 1 aromatic rings. The third-order valence-corrected chi connectivity index (χ3v) is 4.18. The standard InChI is InChI=1S/C16H20N4O2/c1-19-9-10-20(14(11-19)12-5-3-2-4-6-12)16(22)13-7-8-15(21)18-17-13/h2-6,14H,7-11H2,1H3,(H,18,21)/t14-/m1/s1. The molecule has 116 valence electrons. The van der Waals surface area contributed by atoms with E-state index in [1.165, 1.54) is 0 Å². The molecule has 1 aromatic carbocycles. The fourth-order valence-electron chi connectivity index (χ4n) is 2.92. The highest BCUT2D eigenvalue weighted by molar-refractivity contribution is 6.39. The minimum Gasteiger partial charge on any atom is -0.328 e. The molecule has 0 unspecified atom stereocenters. The lowest BCUT2D eigenvalue weighted by molar-refractivity contribution is -0.129. The quantitative estimate of drug-likeness (QED) is 0.877. The van der Waals surface area contributed by atoms with Crippen LogP contribution in [0.1, 0.15) is 24.4 Å². The molecule has 2 amide bonds. The molecule has 0 spiro atoms. The van der Waals surface area contributed by atoms with E-state index in [2.05, 4.69) is 34.6 Å². The third-order valence-electron chi connectivity index (χ3n) is 4.18. The van der Waals surface area contributed by atoms with Gasteiger partial charge in [-0.1, -0.05) is 30.3 Å². The summed E-state index contributed by atoms with van der Waals surface area (Å²) in [5.41, 5.74) is 3.98. The SMILES string of the molecule is CN1CCN(C(=O)C2=NNC(=O)CC2)[C@@H](c2ccccc2)C1. The molecular weight excluding hydrogens is 280 g/mol. The summed E-state index contributed by atoms with van der Waals surface area (Å²) in [4.78, 5) is 28.1. The van der Waals surface area contributed by atoms with E-state index in [9.17, 15) is 9.59 Å². The number of piperazine rings is 1. The molecule has 0 aromatic heterocycles. The molecular formula is C16H20N4O2. The third kappa shape index (κ3) is 3.01. The van der Waals surface area contributed by atoms with Crippen molar-refractivity contribution in [2.24, 2.45) is 5.10 Å². The van der Waals surface area contributed by atoms with E-state index in [1.807, 2.05) is 23.1 Å². The van der Waals surface area contributed by atoms with Crippen LogP contribution in [0.5, 0.6) is 0 Å². The monoisotopic (exact) mass is 300 g/mol. The van der Waals surface area contributed by atoms with Crippen LogP contribution in [0.15, 0.2) is 35.4 Å². The summed E-state index contributed by atoms with van der Waals surface area (Å²) in [5.74, 6) is -0.198. The van der Waals surface area contributed by atoms with Crippen molar-refractivity contribution in [3.63, 3.8) is 0 Å². The average molecular weight is 300 g/mol. The first-order valence-electron chi connectivity index (χ1n) is 7.55. The topological polar surface area (TPSA) is 65.0 Å². The number of hydrogen-bond acceptors (Lipinski definition) is 4. The van der Waals surface area contributed by atoms with Crippen LogP contribution in [0.3, 0.4) is 0 Å². The smallest absolute Gasteiger partial charge is 0.270 e. The van der Waals surface area contributed by atoms with Gasteiger partial charge >= 0.3 is 0 Å². The Hall–Kier alpha value is -2.21. The Morgan fingerprint density at radius 3 is 2.68 bits per heavy atom. The molecule has 1 N–H and O–H groups in total.